The summed E-state index contributed by atoms with van der Waals surface area (Å²) in [5.74, 6) is 0.618. The summed E-state index contributed by atoms with van der Waals surface area (Å²) in [7, 11) is 3.04. The quantitative estimate of drug-likeness (QED) is 0.798. The number of hydrogen-bond donors (Lipinski definition) is 1. The number of aliphatic hydroxyl groups is 1. The van der Waals surface area contributed by atoms with Crippen LogP contribution in [-0.2, 0) is 15.1 Å². The summed E-state index contributed by atoms with van der Waals surface area (Å²) in [4.78, 5) is 11.5. The third kappa shape index (κ3) is 3.86. The van der Waals surface area contributed by atoms with Crippen molar-refractivity contribution in [1.82, 2.24) is 0 Å². The second kappa shape index (κ2) is 6.43. The molecular formula is C14H20O5. The van der Waals surface area contributed by atoms with Gasteiger partial charge in [0.15, 0.2) is 0 Å². The van der Waals surface area contributed by atoms with Crippen LogP contribution in [0.2, 0.25) is 0 Å². The predicted octanol–water partition coefficient (Wildman–Crippen LogP) is 1.86. The third-order valence-corrected chi connectivity index (χ3v) is 2.78. The molecule has 1 unspecified atom stereocenters. The smallest absolute Gasteiger partial charge is 0.309 e. The molecule has 0 spiro atoms. The molecule has 0 heterocycles. The number of carbonyl (C=O) groups excluding carboxylic acids is 1. The molecule has 0 aliphatic rings. The molecule has 0 saturated heterocycles. The molecule has 0 aliphatic carbocycles. The second-order valence-electron chi connectivity index (χ2n) is 4.32. The molecule has 1 N–H and O–H groups in total. The molecule has 5 nitrogen and oxygen atoms in total. The van der Waals surface area contributed by atoms with Gasteiger partial charge in [0, 0.05) is 5.56 Å². The van der Waals surface area contributed by atoms with Crippen molar-refractivity contribution >= 4 is 5.97 Å². The summed E-state index contributed by atoms with van der Waals surface area (Å²) >= 11 is 0. The third-order valence-electron chi connectivity index (χ3n) is 2.78. The highest BCUT2D eigenvalue weighted by atomic mass is 16.5. The van der Waals surface area contributed by atoms with Crippen LogP contribution in [0, 0.1) is 0 Å². The van der Waals surface area contributed by atoms with Crippen LogP contribution in [0.25, 0.3) is 0 Å². The van der Waals surface area contributed by atoms with Crippen molar-refractivity contribution in [2.75, 3.05) is 20.8 Å². The van der Waals surface area contributed by atoms with Gasteiger partial charge >= 0.3 is 5.97 Å². The molecule has 106 valence electrons. The van der Waals surface area contributed by atoms with E-state index in [-0.39, 0.29) is 13.0 Å². The maximum Gasteiger partial charge on any atom is 0.309 e. The Bertz CT molecular complexity index is 439. The van der Waals surface area contributed by atoms with E-state index in [1.165, 1.54) is 14.2 Å². The van der Waals surface area contributed by atoms with Gasteiger partial charge in [-0.05, 0) is 32.0 Å². The average molecular weight is 268 g/mol. The predicted molar refractivity (Wildman–Crippen MR) is 70.4 cm³/mol. The Balaban J connectivity index is 3.07. The largest absolute Gasteiger partial charge is 0.497 e. The van der Waals surface area contributed by atoms with E-state index in [2.05, 4.69) is 0 Å². The fraction of sp³-hybridized carbons (Fsp3) is 0.500. The van der Waals surface area contributed by atoms with Crippen LogP contribution in [0.4, 0.5) is 0 Å². The number of ether oxygens (including phenoxy) is 3. The summed E-state index contributed by atoms with van der Waals surface area (Å²) < 4.78 is 15.2. The normalized spacial score (nSPS) is 13.5. The zero-order valence-electron chi connectivity index (χ0n) is 11.7. The van der Waals surface area contributed by atoms with Crippen LogP contribution in [0.5, 0.6) is 11.5 Å². The minimum absolute atomic E-state index is 0.148. The molecule has 0 aromatic heterocycles. The van der Waals surface area contributed by atoms with Crippen molar-refractivity contribution in [2.24, 2.45) is 0 Å². The van der Waals surface area contributed by atoms with E-state index >= 15 is 0 Å². The number of methoxy groups -OCH3 is 2. The number of esters is 1. The van der Waals surface area contributed by atoms with Crippen LogP contribution < -0.4 is 9.47 Å². The molecular weight excluding hydrogens is 248 g/mol. The van der Waals surface area contributed by atoms with Crippen molar-refractivity contribution < 1.29 is 24.1 Å². The lowest BCUT2D eigenvalue weighted by molar-refractivity contribution is -0.148. The van der Waals surface area contributed by atoms with Gasteiger partial charge in [0.1, 0.15) is 17.1 Å². The molecule has 0 bridgehead atoms. The maximum atomic E-state index is 11.5. The Labute approximate surface area is 113 Å². The summed E-state index contributed by atoms with van der Waals surface area (Å²) in [6.45, 7) is 3.55. The van der Waals surface area contributed by atoms with Crippen molar-refractivity contribution in [2.45, 2.75) is 25.9 Å². The molecule has 5 heteroatoms. The van der Waals surface area contributed by atoms with Crippen LogP contribution in [0.1, 0.15) is 25.8 Å². The van der Waals surface area contributed by atoms with E-state index in [0.29, 0.717) is 17.1 Å². The Kier molecular flexibility index (Phi) is 5.18. The Morgan fingerprint density at radius 2 is 2.00 bits per heavy atom. The van der Waals surface area contributed by atoms with E-state index in [1.54, 1.807) is 32.0 Å². The van der Waals surface area contributed by atoms with E-state index in [4.69, 9.17) is 14.2 Å². The lowest BCUT2D eigenvalue weighted by atomic mass is 9.91. The zero-order chi connectivity index (χ0) is 14.5. The molecule has 1 atom stereocenters. The van der Waals surface area contributed by atoms with Crippen LogP contribution in [0.3, 0.4) is 0 Å². The van der Waals surface area contributed by atoms with Gasteiger partial charge in [-0.3, -0.25) is 4.79 Å². The summed E-state index contributed by atoms with van der Waals surface area (Å²) in [6, 6.07) is 5.06. The SMILES string of the molecule is CCOC(=O)CC(C)(O)c1cc(OC)ccc1OC. The Hall–Kier alpha value is -1.75. The highest BCUT2D eigenvalue weighted by molar-refractivity contribution is 5.71. The minimum atomic E-state index is -1.38. The first-order chi connectivity index (χ1) is 8.94. The first-order valence-corrected chi connectivity index (χ1v) is 6.05. The number of hydrogen-bond acceptors (Lipinski definition) is 5. The lowest BCUT2D eigenvalue weighted by Gasteiger charge is -2.25. The molecule has 0 radical (unpaired) electrons. The molecule has 0 amide bonds. The fourth-order valence-electron chi connectivity index (χ4n) is 1.82. The highest BCUT2D eigenvalue weighted by Crippen LogP contribution is 2.35. The van der Waals surface area contributed by atoms with Gasteiger partial charge in [0.05, 0.1) is 27.2 Å². The summed E-state index contributed by atoms with van der Waals surface area (Å²) in [5.41, 5.74) is -0.894. The standard InChI is InChI=1S/C14H20O5/c1-5-19-13(15)9-14(2,16)11-8-10(17-3)6-7-12(11)18-4/h6-8,16H,5,9H2,1-4H3. The number of carbonyl (C=O) groups is 1. The molecule has 0 fully saturated rings. The Morgan fingerprint density at radius 1 is 1.32 bits per heavy atom. The highest BCUT2D eigenvalue weighted by Gasteiger charge is 2.31. The lowest BCUT2D eigenvalue weighted by Crippen LogP contribution is -2.27. The molecule has 0 saturated carbocycles. The average Bonchev–Trinajstić information content (AvgIpc) is 2.37. The van der Waals surface area contributed by atoms with Crippen molar-refractivity contribution in [3.05, 3.63) is 23.8 Å². The van der Waals surface area contributed by atoms with Crippen LogP contribution in [0.15, 0.2) is 18.2 Å². The van der Waals surface area contributed by atoms with Gasteiger partial charge in [-0.1, -0.05) is 0 Å². The van der Waals surface area contributed by atoms with Gasteiger partial charge in [-0.2, -0.15) is 0 Å². The monoisotopic (exact) mass is 268 g/mol. The summed E-state index contributed by atoms with van der Waals surface area (Å²) in [5, 5.41) is 10.5. The van der Waals surface area contributed by atoms with Gasteiger partial charge in [0.25, 0.3) is 0 Å². The maximum absolute atomic E-state index is 11.5. The molecule has 1 rings (SSSR count). The molecule has 1 aromatic carbocycles. The van der Waals surface area contributed by atoms with Crippen LogP contribution in [-0.4, -0.2) is 31.9 Å². The van der Waals surface area contributed by atoms with E-state index < -0.39 is 11.6 Å². The van der Waals surface area contributed by atoms with Crippen molar-refractivity contribution in [1.29, 1.82) is 0 Å². The topological polar surface area (TPSA) is 65.0 Å². The summed E-state index contributed by atoms with van der Waals surface area (Å²) in [6.07, 6.45) is -0.148. The number of benzene rings is 1. The van der Waals surface area contributed by atoms with Gasteiger partial charge in [-0.15, -0.1) is 0 Å². The van der Waals surface area contributed by atoms with E-state index in [9.17, 15) is 9.90 Å². The van der Waals surface area contributed by atoms with E-state index in [1.807, 2.05) is 0 Å². The first-order valence-electron chi connectivity index (χ1n) is 6.05. The minimum Gasteiger partial charge on any atom is -0.497 e. The Morgan fingerprint density at radius 3 is 2.53 bits per heavy atom. The van der Waals surface area contributed by atoms with Crippen molar-refractivity contribution in [3.8, 4) is 11.5 Å². The van der Waals surface area contributed by atoms with Crippen molar-refractivity contribution in [3.63, 3.8) is 0 Å². The fourth-order valence-corrected chi connectivity index (χ4v) is 1.82. The van der Waals surface area contributed by atoms with Gasteiger partial charge in [-0.25, -0.2) is 0 Å². The van der Waals surface area contributed by atoms with Crippen LogP contribution >= 0.6 is 0 Å². The first kappa shape index (κ1) is 15.3. The second-order valence-corrected chi connectivity index (χ2v) is 4.32. The molecule has 1 aromatic rings. The molecule has 19 heavy (non-hydrogen) atoms. The zero-order valence-corrected chi connectivity index (χ0v) is 11.7. The van der Waals surface area contributed by atoms with E-state index in [0.717, 1.165) is 0 Å². The molecule has 0 aliphatic heterocycles. The number of rotatable bonds is 6. The van der Waals surface area contributed by atoms with Gasteiger partial charge < -0.3 is 19.3 Å². The van der Waals surface area contributed by atoms with Gasteiger partial charge in [0.2, 0.25) is 0 Å².